The van der Waals surface area contributed by atoms with Crippen molar-refractivity contribution in [1.29, 1.82) is 0 Å². The number of hydrogen-bond donors (Lipinski definition) is 2. The van der Waals surface area contributed by atoms with E-state index in [4.69, 9.17) is 0 Å². The van der Waals surface area contributed by atoms with Gasteiger partial charge in [-0.1, -0.05) is 12.1 Å². The number of hydrogen-bond acceptors (Lipinski definition) is 3. The van der Waals surface area contributed by atoms with E-state index in [-0.39, 0.29) is 6.54 Å². The van der Waals surface area contributed by atoms with Gasteiger partial charge in [0, 0.05) is 13.1 Å². The molecule has 1 heterocycles. The van der Waals surface area contributed by atoms with Gasteiger partial charge < -0.3 is 15.3 Å². The van der Waals surface area contributed by atoms with Gasteiger partial charge in [-0.2, -0.15) is 13.2 Å². The molecule has 2 rings (SSSR count). The second kappa shape index (κ2) is 6.35. The zero-order chi connectivity index (χ0) is 16.3. The molecule has 1 fully saturated rings. The smallest absolute Gasteiger partial charge is 0.391 e. The molecule has 22 heavy (non-hydrogen) atoms. The van der Waals surface area contributed by atoms with E-state index in [0.29, 0.717) is 13.0 Å². The van der Waals surface area contributed by atoms with Gasteiger partial charge in [-0.3, -0.25) is 9.59 Å². The summed E-state index contributed by atoms with van der Waals surface area (Å²) < 4.78 is 38.4. The zero-order valence-electron chi connectivity index (χ0n) is 11.6. The molecule has 1 atom stereocenters. The van der Waals surface area contributed by atoms with E-state index >= 15 is 0 Å². The molecule has 0 bridgehead atoms. The summed E-state index contributed by atoms with van der Waals surface area (Å²) in [6.07, 6.45) is -4.78. The van der Waals surface area contributed by atoms with Crippen LogP contribution in [0.4, 0.5) is 13.2 Å². The van der Waals surface area contributed by atoms with Gasteiger partial charge >= 0.3 is 6.18 Å². The average molecular weight is 316 g/mol. The number of halogens is 3. The van der Waals surface area contributed by atoms with Crippen molar-refractivity contribution in [1.82, 2.24) is 10.2 Å². The summed E-state index contributed by atoms with van der Waals surface area (Å²) in [5.74, 6) is -1.39. The second-order valence-electron chi connectivity index (χ2n) is 5.01. The number of alkyl halides is 3. The number of likely N-dealkylation sites (tertiary alicyclic amines) is 1. The molecule has 120 valence electrons. The molecule has 5 nitrogen and oxygen atoms in total. The Labute approximate surface area is 124 Å². The van der Waals surface area contributed by atoms with Crippen molar-refractivity contribution in [2.45, 2.75) is 18.7 Å². The Balaban J connectivity index is 2.00. The van der Waals surface area contributed by atoms with Crippen LogP contribution in [0.5, 0.6) is 0 Å². The van der Waals surface area contributed by atoms with Crippen LogP contribution in [0, 0.1) is 0 Å². The van der Waals surface area contributed by atoms with Gasteiger partial charge in [-0.25, -0.2) is 0 Å². The third-order valence-corrected chi connectivity index (χ3v) is 3.39. The van der Waals surface area contributed by atoms with Crippen LogP contribution in [-0.4, -0.2) is 47.6 Å². The van der Waals surface area contributed by atoms with Gasteiger partial charge in [0.15, 0.2) is 0 Å². The number of nitrogens with one attached hydrogen (secondary N) is 1. The van der Waals surface area contributed by atoms with E-state index in [1.807, 2.05) is 0 Å². The molecule has 1 aliphatic heterocycles. The highest BCUT2D eigenvalue weighted by molar-refractivity contribution is 5.97. The van der Waals surface area contributed by atoms with Crippen molar-refractivity contribution in [3.63, 3.8) is 0 Å². The Morgan fingerprint density at radius 1 is 1.32 bits per heavy atom. The largest absolute Gasteiger partial charge is 0.417 e. The van der Waals surface area contributed by atoms with E-state index < -0.39 is 41.8 Å². The number of aliphatic hydroxyl groups excluding tert-OH is 1. The normalized spacial score (nSPS) is 18.4. The number of β-amino-alcohol motifs (C(OH)–C–C–N with tert-alkyl or cyclic N) is 1. The molecule has 0 unspecified atom stereocenters. The molecule has 2 N–H and O–H groups in total. The minimum absolute atomic E-state index is 0.174. The molecule has 1 aromatic carbocycles. The maximum Gasteiger partial charge on any atom is 0.417 e. The molecular formula is C14H15F3N2O3. The summed E-state index contributed by atoms with van der Waals surface area (Å²) in [6.45, 7) is 0.139. The predicted octanol–water partition coefficient (Wildman–Crippen LogP) is 1.03. The Kier molecular flexibility index (Phi) is 4.70. The number of nitrogens with zero attached hydrogens (tertiary/aromatic N) is 1. The summed E-state index contributed by atoms with van der Waals surface area (Å²) in [5.41, 5.74) is -1.57. The second-order valence-corrected chi connectivity index (χ2v) is 5.01. The number of benzene rings is 1. The summed E-state index contributed by atoms with van der Waals surface area (Å²) in [5, 5.41) is 11.5. The van der Waals surface area contributed by atoms with Crippen LogP contribution in [0.15, 0.2) is 24.3 Å². The standard InChI is InChI=1S/C14H15F3N2O3/c15-14(16,17)11-4-2-1-3-10(11)13(22)18-7-12(21)19-6-5-9(20)8-19/h1-4,9,20H,5-8H2,(H,18,22)/t9-/m0/s1. The molecule has 8 heteroatoms. The molecule has 0 aromatic heterocycles. The van der Waals surface area contributed by atoms with Crippen LogP contribution < -0.4 is 5.32 Å². The molecule has 2 amide bonds. The molecule has 0 aliphatic carbocycles. The van der Waals surface area contributed by atoms with Gasteiger partial charge in [0.2, 0.25) is 5.91 Å². The molecule has 0 spiro atoms. The Morgan fingerprint density at radius 2 is 2.00 bits per heavy atom. The highest BCUT2D eigenvalue weighted by Gasteiger charge is 2.35. The van der Waals surface area contributed by atoms with Crippen molar-refractivity contribution >= 4 is 11.8 Å². The van der Waals surface area contributed by atoms with E-state index in [1.54, 1.807) is 0 Å². The average Bonchev–Trinajstić information content (AvgIpc) is 2.90. The minimum atomic E-state index is -4.64. The lowest BCUT2D eigenvalue weighted by Crippen LogP contribution is -2.39. The highest BCUT2D eigenvalue weighted by atomic mass is 19.4. The molecular weight excluding hydrogens is 301 g/mol. The van der Waals surface area contributed by atoms with Crippen LogP contribution in [0.1, 0.15) is 22.3 Å². The lowest BCUT2D eigenvalue weighted by Gasteiger charge is -2.16. The molecule has 0 radical (unpaired) electrons. The zero-order valence-corrected chi connectivity index (χ0v) is 11.6. The van der Waals surface area contributed by atoms with Gasteiger partial charge in [0.1, 0.15) is 0 Å². The summed E-state index contributed by atoms with van der Waals surface area (Å²) in [6, 6.07) is 4.38. The molecule has 1 aliphatic rings. The van der Waals surface area contributed by atoms with Crippen molar-refractivity contribution in [3.8, 4) is 0 Å². The third kappa shape index (κ3) is 3.76. The van der Waals surface area contributed by atoms with Gasteiger partial charge in [-0.15, -0.1) is 0 Å². The summed E-state index contributed by atoms with van der Waals surface area (Å²) in [7, 11) is 0. The van der Waals surface area contributed by atoms with Crippen LogP contribution in [-0.2, 0) is 11.0 Å². The first-order valence-electron chi connectivity index (χ1n) is 6.69. The fraction of sp³-hybridized carbons (Fsp3) is 0.429. The topological polar surface area (TPSA) is 69.6 Å². The number of aliphatic hydroxyl groups is 1. The summed E-state index contributed by atoms with van der Waals surface area (Å²) >= 11 is 0. The molecule has 0 saturated carbocycles. The van der Waals surface area contributed by atoms with E-state index in [0.717, 1.165) is 12.1 Å². The molecule has 1 saturated heterocycles. The fourth-order valence-electron chi connectivity index (χ4n) is 2.26. The number of carbonyl (C=O) groups excluding carboxylic acids is 2. The first-order valence-corrected chi connectivity index (χ1v) is 6.69. The Bertz CT molecular complexity index is 575. The van der Waals surface area contributed by atoms with Crippen molar-refractivity contribution in [2.24, 2.45) is 0 Å². The first-order chi connectivity index (χ1) is 10.3. The monoisotopic (exact) mass is 316 g/mol. The Morgan fingerprint density at radius 3 is 2.59 bits per heavy atom. The van der Waals surface area contributed by atoms with Crippen molar-refractivity contribution in [3.05, 3.63) is 35.4 Å². The Hall–Kier alpha value is -2.09. The van der Waals surface area contributed by atoms with Gasteiger partial charge in [0.25, 0.3) is 5.91 Å². The lowest BCUT2D eigenvalue weighted by atomic mass is 10.1. The minimum Gasteiger partial charge on any atom is -0.391 e. The van der Waals surface area contributed by atoms with Crippen molar-refractivity contribution in [2.75, 3.05) is 19.6 Å². The van der Waals surface area contributed by atoms with Crippen molar-refractivity contribution < 1.29 is 27.9 Å². The van der Waals surface area contributed by atoms with Crippen LogP contribution in [0.3, 0.4) is 0 Å². The predicted molar refractivity (Wildman–Crippen MR) is 71.0 cm³/mol. The number of rotatable bonds is 3. The maximum absolute atomic E-state index is 12.8. The SMILES string of the molecule is O=C(NCC(=O)N1CC[C@H](O)C1)c1ccccc1C(F)(F)F. The van der Waals surface area contributed by atoms with E-state index in [9.17, 15) is 27.9 Å². The number of amides is 2. The fourth-order valence-corrected chi connectivity index (χ4v) is 2.26. The first kappa shape index (κ1) is 16.3. The van der Waals surface area contributed by atoms with E-state index in [2.05, 4.69) is 5.32 Å². The van der Waals surface area contributed by atoms with Gasteiger partial charge in [-0.05, 0) is 18.6 Å². The highest BCUT2D eigenvalue weighted by Crippen LogP contribution is 2.31. The van der Waals surface area contributed by atoms with Crippen LogP contribution >= 0.6 is 0 Å². The van der Waals surface area contributed by atoms with Crippen LogP contribution in [0.25, 0.3) is 0 Å². The lowest BCUT2D eigenvalue weighted by molar-refractivity contribution is -0.137. The maximum atomic E-state index is 12.8. The van der Waals surface area contributed by atoms with Crippen LogP contribution in [0.2, 0.25) is 0 Å². The number of carbonyl (C=O) groups is 2. The third-order valence-electron chi connectivity index (χ3n) is 3.39. The quantitative estimate of drug-likeness (QED) is 0.875. The molecule has 1 aromatic rings. The van der Waals surface area contributed by atoms with E-state index in [1.165, 1.54) is 17.0 Å². The summed E-state index contributed by atoms with van der Waals surface area (Å²) in [4.78, 5) is 25.0. The van der Waals surface area contributed by atoms with Gasteiger partial charge in [0.05, 0.1) is 23.8 Å².